The molecule has 1 heterocycles. The van der Waals surface area contributed by atoms with E-state index in [0.29, 0.717) is 25.1 Å². The lowest BCUT2D eigenvalue weighted by Gasteiger charge is -2.25. The topological polar surface area (TPSA) is 133 Å². The van der Waals surface area contributed by atoms with Gasteiger partial charge in [-0.05, 0) is 30.7 Å². The smallest absolute Gasteiger partial charge is 0.295 e. The lowest BCUT2D eigenvalue weighted by Crippen LogP contribution is -2.32. The fourth-order valence-electron chi connectivity index (χ4n) is 3.57. The molecule has 1 atom stereocenters. The molecule has 1 fully saturated rings. The Bertz CT molecular complexity index is 988. The van der Waals surface area contributed by atoms with Crippen molar-refractivity contribution in [1.29, 1.82) is 0 Å². The number of ketones is 1. The van der Waals surface area contributed by atoms with Crippen molar-refractivity contribution in [3.8, 4) is 0 Å². The second-order valence-corrected chi connectivity index (χ2v) is 7.03. The van der Waals surface area contributed by atoms with Crippen LogP contribution in [-0.2, 0) is 9.59 Å². The van der Waals surface area contributed by atoms with E-state index in [1.54, 1.807) is 24.3 Å². The SMILES string of the molecule is O=C1C(=O)N(CCCNCCO)[C@@H](c2ccccc2)C1=C(O)c1ccc([N+](=O)[O-])cc1. The summed E-state index contributed by atoms with van der Waals surface area (Å²) >= 11 is 0. The van der Waals surface area contributed by atoms with Gasteiger partial charge in [0.1, 0.15) is 5.76 Å². The van der Waals surface area contributed by atoms with Crippen LogP contribution in [-0.4, -0.2) is 58.0 Å². The Balaban J connectivity index is 1.98. The number of aliphatic hydroxyl groups is 2. The summed E-state index contributed by atoms with van der Waals surface area (Å²) in [6, 6.07) is 13.3. The molecule has 0 spiro atoms. The number of nitro benzene ring substituents is 1. The van der Waals surface area contributed by atoms with Gasteiger partial charge >= 0.3 is 0 Å². The minimum Gasteiger partial charge on any atom is -0.507 e. The first kappa shape index (κ1) is 22.1. The molecule has 1 aliphatic heterocycles. The molecule has 9 heteroatoms. The molecular weight excluding hydrogens is 402 g/mol. The number of carbonyl (C=O) groups is 2. The van der Waals surface area contributed by atoms with Crippen LogP contribution in [0.1, 0.15) is 23.6 Å². The first-order chi connectivity index (χ1) is 15.0. The Kier molecular flexibility index (Phi) is 7.11. The summed E-state index contributed by atoms with van der Waals surface area (Å²) in [6.45, 7) is 1.26. The highest BCUT2D eigenvalue weighted by molar-refractivity contribution is 6.46. The van der Waals surface area contributed by atoms with Crippen molar-refractivity contribution in [1.82, 2.24) is 10.2 Å². The lowest BCUT2D eigenvalue weighted by molar-refractivity contribution is -0.384. The van der Waals surface area contributed by atoms with E-state index in [2.05, 4.69) is 5.32 Å². The number of hydrogen-bond acceptors (Lipinski definition) is 7. The van der Waals surface area contributed by atoms with Crippen molar-refractivity contribution in [2.75, 3.05) is 26.2 Å². The lowest BCUT2D eigenvalue weighted by atomic mass is 9.95. The Hall–Kier alpha value is -3.56. The molecule has 1 saturated heterocycles. The largest absolute Gasteiger partial charge is 0.507 e. The van der Waals surface area contributed by atoms with Gasteiger partial charge in [0, 0.05) is 30.8 Å². The van der Waals surface area contributed by atoms with Crippen molar-refractivity contribution in [2.45, 2.75) is 12.5 Å². The first-order valence-corrected chi connectivity index (χ1v) is 9.85. The fraction of sp³-hybridized carbons (Fsp3) is 0.273. The van der Waals surface area contributed by atoms with E-state index in [9.17, 15) is 24.8 Å². The number of likely N-dealkylation sites (tertiary alicyclic amines) is 1. The molecule has 3 N–H and O–H groups in total. The number of amides is 1. The van der Waals surface area contributed by atoms with Crippen molar-refractivity contribution in [3.05, 3.63) is 81.4 Å². The van der Waals surface area contributed by atoms with Crippen molar-refractivity contribution >= 4 is 23.1 Å². The van der Waals surface area contributed by atoms with E-state index in [0.717, 1.165) is 0 Å². The number of non-ortho nitro benzene ring substituents is 1. The van der Waals surface area contributed by atoms with Crippen LogP contribution in [0.2, 0.25) is 0 Å². The maximum Gasteiger partial charge on any atom is 0.295 e. The second-order valence-electron chi connectivity index (χ2n) is 7.03. The van der Waals surface area contributed by atoms with Gasteiger partial charge in [0.05, 0.1) is 23.1 Å². The van der Waals surface area contributed by atoms with E-state index < -0.39 is 22.7 Å². The summed E-state index contributed by atoms with van der Waals surface area (Å²) in [5.74, 6) is -1.88. The molecule has 0 bridgehead atoms. The van der Waals surface area contributed by atoms with Crippen LogP contribution >= 0.6 is 0 Å². The third kappa shape index (κ3) is 4.79. The number of aliphatic hydroxyl groups excluding tert-OH is 2. The quantitative estimate of drug-likeness (QED) is 0.140. The molecule has 9 nitrogen and oxygen atoms in total. The molecule has 0 unspecified atom stereocenters. The maximum atomic E-state index is 12.9. The summed E-state index contributed by atoms with van der Waals surface area (Å²) in [7, 11) is 0. The minimum atomic E-state index is -0.798. The fourth-order valence-corrected chi connectivity index (χ4v) is 3.57. The molecule has 3 rings (SSSR count). The van der Waals surface area contributed by atoms with Gasteiger partial charge in [-0.1, -0.05) is 30.3 Å². The number of benzene rings is 2. The molecule has 162 valence electrons. The van der Waals surface area contributed by atoms with Gasteiger partial charge in [0.15, 0.2) is 0 Å². The zero-order valence-electron chi connectivity index (χ0n) is 16.7. The van der Waals surface area contributed by atoms with Crippen LogP contribution in [0.15, 0.2) is 60.2 Å². The highest BCUT2D eigenvalue weighted by atomic mass is 16.6. The molecule has 0 radical (unpaired) electrons. The summed E-state index contributed by atoms with van der Waals surface area (Å²) < 4.78 is 0. The number of nitro groups is 1. The Morgan fingerprint density at radius 1 is 1.06 bits per heavy atom. The Labute approximate surface area is 178 Å². The first-order valence-electron chi connectivity index (χ1n) is 9.85. The van der Waals surface area contributed by atoms with Gasteiger partial charge in [0.25, 0.3) is 17.4 Å². The minimum absolute atomic E-state index is 0.00374. The molecule has 0 aliphatic carbocycles. The van der Waals surface area contributed by atoms with Crippen molar-refractivity contribution in [2.24, 2.45) is 0 Å². The van der Waals surface area contributed by atoms with E-state index in [-0.39, 0.29) is 35.7 Å². The monoisotopic (exact) mass is 425 g/mol. The highest BCUT2D eigenvalue weighted by Crippen LogP contribution is 2.39. The van der Waals surface area contributed by atoms with Crippen molar-refractivity contribution in [3.63, 3.8) is 0 Å². The molecule has 2 aromatic carbocycles. The molecule has 2 aromatic rings. The average molecular weight is 425 g/mol. The van der Waals surface area contributed by atoms with E-state index in [1.807, 2.05) is 6.07 Å². The number of nitrogens with one attached hydrogen (secondary N) is 1. The van der Waals surface area contributed by atoms with Crippen LogP contribution in [0.3, 0.4) is 0 Å². The standard InChI is InChI=1S/C22H23N3O6/c26-14-12-23-11-4-13-24-19(15-5-2-1-3-6-15)18(21(28)22(24)29)20(27)16-7-9-17(10-8-16)25(30)31/h1-3,5-10,19,23,26-27H,4,11-14H2/t19-/m0/s1. The van der Waals surface area contributed by atoms with Gasteiger partial charge in [-0.15, -0.1) is 0 Å². The number of hydrogen-bond donors (Lipinski definition) is 3. The van der Waals surface area contributed by atoms with Crippen LogP contribution in [0.5, 0.6) is 0 Å². The molecule has 1 aliphatic rings. The second kappa shape index (κ2) is 9.96. The third-order valence-corrected chi connectivity index (χ3v) is 5.05. The van der Waals surface area contributed by atoms with Gasteiger partial charge in [0.2, 0.25) is 0 Å². The highest BCUT2D eigenvalue weighted by Gasteiger charge is 2.45. The van der Waals surface area contributed by atoms with Crippen LogP contribution in [0.25, 0.3) is 5.76 Å². The predicted octanol–water partition coefficient (Wildman–Crippen LogP) is 1.99. The summed E-state index contributed by atoms with van der Waals surface area (Å²) in [5.41, 5.74) is 0.697. The van der Waals surface area contributed by atoms with Gasteiger partial charge in [-0.2, -0.15) is 0 Å². The van der Waals surface area contributed by atoms with Crippen molar-refractivity contribution < 1.29 is 24.7 Å². The molecule has 31 heavy (non-hydrogen) atoms. The molecule has 0 saturated carbocycles. The van der Waals surface area contributed by atoms with E-state index in [1.165, 1.54) is 29.2 Å². The van der Waals surface area contributed by atoms with E-state index in [4.69, 9.17) is 5.11 Å². The average Bonchev–Trinajstić information content (AvgIpc) is 3.04. The summed E-state index contributed by atoms with van der Waals surface area (Å²) in [6.07, 6.45) is 0.550. The Morgan fingerprint density at radius 2 is 1.74 bits per heavy atom. The van der Waals surface area contributed by atoms with Crippen LogP contribution in [0, 0.1) is 10.1 Å². The normalized spacial score (nSPS) is 17.8. The number of carbonyl (C=O) groups excluding carboxylic acids is 2. The molecule has 0 aromatic heterocycles. The number of rotatable bonds is 9. The van der Waals surface area contributed by atoms with Gasteiger partial charge < -0.3 is 20.4 Å². The maximum absolute atomic E-state index is 12.9. The zero-order valence-corrected chi connectivity index (χ0v) is 16.7. The Morgan fingerprint density at radius 3 is 2.35 bits per heavy atom. The summed E-state index contributed by atoms with van der Waals surface area (Å²) in [4.78, 5) is 37.4. The zero-order chi connectivity index (χ0) is 22.4. The molecular formula is C22H23N3O6. The van der Waals surface area contributed by atoms with E-state index >= 15 is 0 Å². The van der Waals surface area contributed by atoms with Gasteiger partial charge in [-0.3, -0.25) is 19.7 Å². The van der Waals surface area contributed by atoms with Crippen LogP contribution < -0.4 is 5.32 Å². The number of Topliss-reactive ketones (excluding diaryl/α,β-unsaturated/α-hetero) is 1. The predicted molar refractivity (Wildman–Crippen MR) is 113 cm³/mol. The third-order valence-electron chi connectivity index (χ3n) is 5.05. The number of nitrogens with zero attached hydrogens (tertiary/aromatic N) is 2. The molecule has 1 amide bonds. The summed E-state index contributed by atoms with van der Waals surface area (Å²) in [5, 5.41) is 33.7. The van der Waals surface area contributed by atoms with Crippen LogP contribution in [0.4, 0.5) is 5.69 Å². The van der Waals surface area contributed by atoms with Gasteiger partial charge in [-0.25, -0.2) is 0 Å².